The third-order valence-electron chi connectivity index (χ3n) is 4.23. The van der Waals surface area contributed by atoms with Crippen LogP contribution in [0.25, 0.3) is 0 Å². The summed E-state index contributed by atoms with van der Waals surface area (Å²) in [6, 6.07) is 7.32. The van der Waals surface area contributed by atoms with Gasteiger partial charge in [0.05, 0.1) is 19.2 Å². The molecule has 0 N–H and O–H groups in total. The summed E-state index contributed by atoms with van der Waals surface area (Å²) in [6.07, 6.45) is 8.68. The molecule has 0 saturated heterocycles. The van der Waals surface area contributed by atoms with Crippen LogP contribution in [0.2, 0.25) is 0 Å². The molecular formula is C20H31NO3. The molecule has 0 unspecified atom stereocenters. The Morgan fingerprint density at radius 3 is 2.29 bits per heavy atom. The normalized spacial score (nSPS) is 10.5. The first kappa shape index (κ1) is 20.2. The van der Waals surface area contributed by atoms with Gasteiger partial charge in [-0.05, 0) is 18.6 Å². The minimum Gasteiger partial charge on any atom is -0.495 e. The van der Waals surface area contributed by atoms with Crippen LogP contribution in [0.1, 0.15) is 64.7 Å². The van der Waals surface area contributed by atoms with Gasteiger partial charge >= 0.3 is 0 Å². The third kappa shape index (κ3) is 7.16. The largest absolute Gasteiger partial charge is 0.495 e. The van der Waals surface area contributed by atoms with Gasteiger partial charge in [-0.3, -0.25) is 9.59 Å². The number of para-hydroxylation sites is 2. The first-order valence-electron chi connectivity index (χ1n) is 9.01. The Balaban J connectivity index is 2.32. The number of carbonyl (C=O) groups excluding carboxylic acids is 2. The van der Waals surface area contributed by atoms with Crippen LogP contribution in [0.4, 0.5) is 5.69 Å². The highest BCUT2D eigenvalue weighted by atomic mass is 16.5. The van der Waals surface area contributed by atoms with Gasteiger partial charge in [-0.15, -0.1) is 0 Å². The van der Waals surface area contributed by atoms with Crippen molar-refractivity contribution in [3.05, 3.63) is 24.3 Å². The van der Waals surface area contributed by atoms with E-state index in [1.54, 1.807) is 20.2 Å². The molecule has 24 heavy (non-hydrogen) atoms. The Labute approximate surface area is 146 Å². The van der Waals surface area contributed by atoms with Gasteiger partial charge in [0.1, 0.15) is 11.5 Å². The quantitative estimate of drug-likeness (QED) is 0.409. The zero-order valence-electron chi connectivity index (χ0n) is 15.3. The van der Waals surface area contributed by atoms with Crippen molar-refractivity contribution in [3.8, 4) is 5.75 Å². The smallest absolute Gasteiger partial charge is 0.234 e. The van der Waals surface area contributed by atoms with E-state index in [9.17, 15) is 9.59 Å². The molecule has 0 aliphatic rings. The molecule has 134 valence electrons. The van der Waals surface area contributed by atoms with Crippen molar-refractivity contribution in [1.29, 1.82) is 0 Å². The van der Waals surface area contributed by atoms with Crippen molar-refractivity contribution in [3.63, 3.8) is 0 Å². The summed E-state index contributed by atoms with van der Waals surface area (Å²) < 4.78 is 5.26. The van der Waals surface area contributed by atoms with Crippen LogP contribution < -0.4 is 9.64 Å². The molecule has 0 aromatic heterocycles. The minimum absolute atomic E-state index is 0.0234. The molecule has 4 nitrogen and oxygen atoms in total. The summed E-state index contributed by atoms with van der Waals surface area (Å²) in [5.41, 5.74) is 0.689. The lowest BCUT2D eigenvalue weighted by atomic mass is 10.1. The van der Waals surface area contributed by atoms with E-state index in [0.717, 1.165) is 12.8 Å². The van der Waals surface area contributed by atoms with Crippen LogP contribution in [-0.2, 0) is 9.59 Å². The van der Waals surface area contributed by atoms with Crippen molar-refractivity contribution in [1.82, 2.24) is 0 Å². The highest BCUT2D eigenvalue weighted by Gasteiger charge is 2.17. The lowest BCUT2D eigenvalue weighted by molar-refractivity contribution is -0.126. The van der Waals surface area contributed by atoms with E-state index in [0.29, 0.717) is 17.9 Å². The van der Waals surface area contributed by atoms with Gasteiger partial charge in [0.2, 0.25) is 5.91 Å². The SMILES string of the molecule is CCCCCCCCCC(=O)CC(=O)N(C)c1ccccc1OC. The fourth-order valence-electron chi connectivity index (χ4n) is 2.70. The number of Topliss-reactive ketones (excluding diaryl/α,β-unsaturated/α-hetero) is 1. The summed E-state index contributed by atoms with van der Waals surface area (Å²) in [6.45, 7) is 2.21. The molecule has 0 fully saturated rings. The second-order valence-electron chi connectivity index (χ2n) is 6.21. The zero-order chi connectivity index (χ0) is 17.8. The molecule has 1 aromatic carbocycles. The van der Waals surface area contributed by atoms with E-state index in [-0.39, 0.29) is 18.1 Å². The van der Waals surface area contributed by atoms with Crippen LogP contribution in [0.15, 0.2) is 24.3 Å². The van der Waals surface area contributed by atoms with E-state index in [4.69, 9.17) is 4.74 Å². The zero-order valence-corrected chi connectivity index (χ0v) is 15.3. The monoisotopic (exact) mass is 333 g/mol. The maximum atomic E-state index is 12.3. The Kier molecular flexibility index (Phi) is 9.81. The van der Waals surface area contributed by atoms with Gasteiger partial charge in [-0.25, -0.2) is 0 Å². The maximum Gasteiger partial charge on any atom is 0.234 e. The predicted molar refractivity (Wildman–Crippen MR) is 98.6 cm³/mol. The number of methoxy groups -OCH3 is 1. The first-order chi connectivity index (χ1) is 11.6. The van der Waals surface area contributed by atoms with Crippen LogP contribution in [-0.4, -0.2) is 25.8 Å². The topological polar surface area (TPSA) is 46.6 Å². The van der Waals surface area contributed by atoms with Crippen molar-refractivity contribution in [2.75, 3.05) is 19.1 Å². The Hall–Kier alpha value is -1.84. The van der Waals surface area contributed by atoms with Crippen LogP contribution in [0, 0.1) is 0 Å². The minimum atomic E-state index is -0.188. The molecule has 0 aliphatic heterocycles. The molecule has 1 aromatic rings. The fraction of sp³-hybridized carbons (Fsp3) is 0.600. The molecule has 4 heteroatoms. The van der Waals surface area contributed by atoms with E-state index in [2.05, 4.69) is 6.92 Å². The number of unbranched alkanes of at least 4 members (excludes halogenated alkanes) is 6. The highest BCUT2D eigenvalue weighted by Crippen LogP contribution is 2.27. The number of hydrogen-bond donors (Lipinski definition) is 0. The number of rotatable bonds is 12. The Morgan fingerprint density at radius 2 is 1.62 bits per heavy atom. The van der Waals surface area contributed by atoms with E-state index in [1.165, 1.54) is 37.0 Å². The second kappa shape index (κ2) is 11.7. The molecule has 0 radical (unpaired) electrons. The molecule has 0 saturated carbocycles. The third-order valence-corrected chi connectivity index (χ3v) is 4.23. The van der Waals surface area contributed by atoms with Gasteiger partial charge in [0, 0.05) is 13.5 Å². The van der Waals surface area contributed by atoms with Gasteiger partial charge in [0.15, 0.2) is 0 Å². The van der Waals surface area contributed by atoms with E-state index < -0.39 is 0 Å². The summed E-state index contributed by atoms with van der Waals surface area (Å²) >= 11 is 0. The summed E-state index contributed by atoms with van der Waals surface area (Å²) in [5.74, 6) is 0.468. The molecule has 0 atom stereocenters. The Bertz CT molecular complexity index is 513. The number of hydrogen-bond acceptors (Lipinski definition) is 3. The van der Waals surface area contributed by atoms with Gasteiger partial charge in [0.25, 0.3) is 0 Å². The van der Waals surface area contributed by atoms with E-state index >= 15 is 0 Å². The number of amides is 1. The fourth-order valence-corrected chi connectivity index (χ4v) is 2.70. The number of nitrogens with zero attached hydrogens (tertiary/aromatic N) is 1. The van der Waals surface area contributed by atoms with Gasteiger partial charge in [-0.2, -0.15) is 0 Å². The average Bonchev–Trinajstić information content (AvgIpc) is 2.60. The molecule has 1 rings (SSSR count). The van der Waals surface area contributed by atoms with Crippen molar-refractivity contribution in [2.45, 2.75) is 64.7 Å². The molecule has 0 bridgehead atoms. The highest BCUT2D eigenvalue weighted by molar-refractivity contribution is 6.05. The lowest BCUT2D eigenvalue weighted by Gasteiger charge is -2.19. The molecule has 0 spiro atoms. The van der Waals surface area contributed by atoms with Crippen LogP contribution in [0.5, 0.6) is 5.75 Å². The first-order valence-corrected chi connectivity index (χ1v) is 9.01. The average molecular weight is 333 g/mol. The molecule has 1 amide bonds. The van der Waals surface area contributed by atoms with Gasteiger partial charge in [-0.1, -0.05) is 57.6 Å². The van der Waals surface area contributed by atoms with Crippen LogP contribution in [0.3, 0.4) is 0 Å². The molecular weight excluding hydrogens is 302 g/mol. The maximum absolute atomic E-state index is 12.3. The summed E-state index contributed by atoms with van der Waals surface area (Å²) in [5, 5.41) is 0. The number of benzene rings is 1. The van der Waals surface area contributed by atoms with Gasteiger partial charge < -0.3 is 9.64 Å². The summed E-state index contributed by atoms with van der Waals surface area (Å²) in [7, 11) is 3.25. The second-order valence-corrected chi connectivity index (χ2v) is 6.21. The number of carbonyl (C=O) groups is 2. The standard InChI is InChI=1S/C20H31NO3/c1-4-5-6-7-8-9-10-13-17(22)16-20(23)21(2)18-14-11-12-15-19(18)24-3/h11-12,14-15H,4-10,13,16H2,1-3H3. The number of anilines is 1. The van der Waals surface area contributed by atoms with Crippen molar-refractivity contribution in [2.24, 2.45) is 0 Å². The lowest BCUT2D eigenvalue weighted by Crippen LogP contribution is -2.28. The van der Waals surface area contributed by atoms with Crippen molar-refractivity contribution >= 4 is 17.4 Å². The number of ether oxygens (including phenoxy) is 1. The molecule has 0 aliphatic carbocycles. The number of ketones is 1. The summed E-state index contributed by atoms with van der Waals surface area (Å²) in [4.78, 5) is 25.8. The molecule has 0 heterocycles. The van der Waals surface area contributed by atoms with Crippen molar-refractivity contribution < 1.29 is 14.3 Å². The Morgan fingerprint density at radius 1 is 1.00 bits per heavy atom. The van der Waals surface area contributed by atoms with Crippen LogP contribution >= 0.6 is 0 Å². The van der Waals surface area contributed by atoms with E-state index in [1.807, 2.05) is 18.2 Å². The predicted octanol–water partition coefficient (Wildman–Crippen LogP) is 4.76.